The first kappa shape index (κ1) is 18.6. The van der Waals surface area contributed by atoms with Gasteiger partial charge in [-0.1, -0.05) is 38.2 Å². The lowest BCUT2D eigenvalue weighted by Gasteiger charge is -2.25. The van der Waals surface area contributed by atoms with Gasteiger partial charge in [0.15, 0.2) is 20.0 Å². The Labute approximate surface area is 163 Å². The first-order chi connectivity index (χ1) is 12.9. The first-order valence-corrected chi connectivity index (χ1v) is 12.1. The van der Waals surface area contributed by atoms with Crippen molar-refractivity contribution in [3.05, 3.63) is 35.5 Å². The predicted octanol–water partition coefficient (Wildman–Crippen LogP) is 3.42. The van der Waals surface area contributed by atoms with Gasteiger partial charge in [-0.2, -0.15) is 0 Å². The average Bonchev–Trinajstić information content (AvgIpc) is 3.23. The van der Waals surface area contributed by atoms with E-state index in [1.165, 1.54) is 36.7 Å². The average molecular weight is 406 g/mol. The quantitative estimate of drug-likeness (QED) is 0.823. The molecule has 0 unspecified atom stereocenters. The molecular weight excluding hydrogens is 382 g/mol. The lowest BCUT2D eigenvalue weighted by atomic mass is 9.80. The van der Waals surface area contributed by atoms with E-state index in [1.807, 2.05) is 5.38 Å². The van der Waals surface area contributed by atoms with E-state index in [0.29, 0.717) is 11.0 Å². The molecule has 2 aromatic rings. The molecule has 0 saturated heterocycles. The highest BCUT2D eigenvalue weighted by molar-refractivity contribution is 7.90. The van der Waals surface area contributed by atoms with E-state index in [0.717, 1.165) is 31.1 Å². The maximum absolute atomic E-state index is 13.2. The number of rotatable bonds is 5. The largest absolute Gasteiger partial charge is 0.301 e. The van der Waals surface area contributed by atoms with Gasteiger partial charge in [0, 0.05) is 24.0 Å². The third-order valence-electron chi connectivity index (χ3n) is 5.92. The number of anilines is 1. The maximum Gasteiger partial charge on any atom is 0.237 e. The fraction of sp³-hybridized carbons (Fsp3) is 0.526. The van der Waals surface area contributed by atoms with E-state index in [9.17, 15) is 13.2 Å². The van der Waals surface area contributed by atoms with Gasteiger partial charge in [0.1, 0.15) is 0 Å². The van der Waals surface area contributed by atoms with Crippen LogP contribution in [0.3, 0.4) is 0 Å². The van der Waals surface area contributed by atoms with E-state index in [4.69, 9.17) is 0 Å². The van der Waals surface area contributed by atoms with Crippen molar-refractivity contribution in [1.82, 2.24) is 9.97 Å². The topological polar surface area (TPSA) is 89.0 Å². The van der Waals surface area contributed by atoms with Crippen LogP contribution >= 0.6 is 11.3 Å². The number of carbonyl (C=O) groups is 1. The van der Waals surface area contributed by atoms with Gasteiger partial charge in [-0.05, 0) is 29.9 Å². The zero-order valence-electron chi connectivity index (χ0n) is 15.2. The van der Waals surface area contributed by atoms with Crippen molar-refractivity contribution >= 4 is 32.2 Å². The third kappa shape index (κ3) is 3.52. The second-order valence-corrected chi connectivity index (χ2v) is 10.5. The summed E-state index contributed by atoms with van der Waals surface area (Å²) in [6, 6.07) is 3.27. The Morgan fingerprint density at radius 2 is 2.00 bits per heavy atom. The Bertz CT molecular complexity index is 920. The molecular formula is C19H23N3O3S2. The van der Waals surface area contributed by atoms with Crippen LogP contribution in [0.1, 0.15) is 44.1 Å². The van der Waals surface area contributed by atoms with Gasteiger partial charge in [0.25, 0.3) is 0 Å². The van der Waals surface area contributed by atoms with Crippen LogP contribution in [0.25, 0.3) is 0 Å². The van der Waals surface area contributed by atoms with Crippen molar-refractivity contribution < 1.29 is 13.2 Å². The van der Waals surface area contributed by atoms with Gasteiger partial charge in [-0.3, -0.25) is 4.79 Å². The van der Waals surface area contributed by atoms with Crippen LogP contribution in [-0.4, -0.2) is 30.5 Å². The standard InChI is InChI=1S/C19H23N3O3S2/c1-27(24,25)16-8-7-14(12-21-16)19(17(23)22-18-20-9-10-26-18)11-15(19)13-5-3-2-4-6-13/h7-10,12-13,15H,2-6,11H2,1H3,(H,20,22,23)/t15-,19-/m0/s1. The monoisotopic (exact) mass is 405 g/mol. The van der Waals surface area contributed by atoms with Crippen LogP contribution in [0, 0.1) is 11.8 Å². The lowest BCUT2D eigenvalue weighted by molar-refractivity contribution is -0.119. The maximum atomic E-state index is 13.2. The van der Waals surface area contributed by atoms with Gasteiger partial charge in [0.05, 0.1) is 5.41 Å². The Morgan fingerprint density at radius 1 is 1.22 bits per heavy atom. The van der Waals surface area contributed by atoms with Crippen LogP contribution < -0.4 is 5.32 Å². The van der Waals surface area contributed by atoms with Crippen molar-refractivity contribution in [2.24, 2.45) is 11.8 Å². The highest BCUT2D eigenvalue weighted by atomic mass is 32.2. The Kier molecular flexibility index (Phi) is 4.80. The van der Waals surface area contributed by atoms with Gasteiger partial charge in [-0.15, -0.1) is 11.3 Å². The van der Waals surface area contributed by atoms with Gasteiger partial charge >= 0.3 is 0 Å². The predicted molar refractivity (Wildman–Crippen MR) is 104 cm³/mol. The second kappa shape index (κ2) is 6.98. The number of hydrogen-bond donors (Lipinski definition) is 1. The number of carbonyl (C=O) groups excluding carboxylic acids is 1. The van der Waals surface area contributed by atoms with Crippen LogP contribution in [-0.2, 0) is 20.0 Å². The normalized spacial score (nSPS) is 25.9. The minimum atomic E-state index is -3.36. The molecule has 0 bridgehead atoms. The SMILES string of the molecule is CS(=O)(=O)c1ccc([C@@]2(C(=O)Nc3nccs3)C[C@H]2C2CCCCC2)cn1. The summed E-state index contributed by atoms with van der Waals surface area (Å²) >= 11 is 1.39. The van der Waals surface area contributed by atoms with Crippen molar-refractivity contribution in [2.45, 2.75) is 49.0 Å². The zero-order chi connectivity index (χ0) is 19.1. The molecule has 2 fully saturated rings. The van der Waals surface area contributed by atoms with Crippen LogP contribution in [0.4, 0.5) is 5.13 Å². The van der Waals surface area contributed by atoms with Crippen molar-refractivity contribution in [1.29, 1.82) is 0 Å². The highest BCUT2D eigenvalue weighted by Crippen LogP contribution is 2.61. The van der Waals surface area contributed by atoms with Crippen LogP contribution in [0.5, 0.6) is 0 Å². The zero-order valence-corrected chi connectivity index (χ0v) is 16.9. The number of nitrogens with zero attached hydrogens (tertiary/aromatic N) is 2. The number of amides is 1. The van der Waals surface area contributed by atoms with Crippen LogP contribution in [0.2, 0.25) is 0 Å². The summed E-state index contributed by atoms with van der Waals surface area (Å²) in [5.74, 6) is 0.765. The summed E-state index contributed by atoms with van der Waals surface area (Å²) in [6.07, 6.45) is 11.2. The number of nitrogens with one attached hydrogen (secondary N) is 1. The van der Waals surface area contributed by atoms with Crippen LogP contribution in [0.15, 0.2) is 34.9 Å². The number of aromatic nitrogens is 2. The number of thiazole rings is 1. The summed E-state index contributed by atoms with van der Waals surface area (Å²) in [6.45, 7) is 0. The molecule has 0 aliphatic heterocycles. The molecule has 0 aromatic carbocycles. The van der Waals surface area contributed by atoms with E-state index in [2.05, 4.69) is 15.3 Å². The van der Waals surface area contributed by atoms with E-state index < -0.39 is 15.3 Å². The number of pyridine rings is 1. The summed E-state index contributed by atoms with van der Waals surface area (Å²) in [7, 11) is -3.36. The summed E-state index contributed by atoms with van der Waals surface area (Å²) in [5, 5.41) is 5.42. The second-order valence-electron chi connectivity index (χ2n) is 7.63. The molecule has 0 radical (unpaired) electrons. The Hall–Kier alpha value is -1.80. The molecule has 2 aromatic heterocycles. The summed E-state index contributed by atoms with van der Waals surface area (Å²) < 4.78 is 23.4. The minimum Gasteiger partial charge on any atom is -0.301 e. The van der Waals surface area contributed by atoms with Crippen molar-refractivity contribution in [3.63, 3.8) is 0 Å². The fourth-order valence-electron chi connectivity index (χ4n) is 4.47. The first-order valence-electron chi connectivity index (χ1n) is 9.29. The molecule has 6 nitrogen and oxygen atoms in total. The molecule has 1 amide bonds. The number of sulfone groups is 1. The van der Waals surface area contributed by atoms with E-state index in [-0.39, 0.29) is 16.9 Å². The Morgan fingerprint density at radius 3 is 2.59 bits per heavy atom. The van der Waals surface area contributed by atoms with E-state index >= 15 is 0 Å². The molecule has 2 aliphatic carbocycles. The molecule has 144 valence electrons. The van der Waals surface area contributed by atoms with Gasteiger partial charge in [-0.25, -0.2) is 18.4 Å². The molecule has 2 saturated carbocycles. The Balaban J connectivity index is 1.65. The highest BCUT2D eigenvalue weighted by Gasteiger charge is 2.63. The molecule has 2 aliphatic rings. The molecule has 2 atom stereocenters. The third-order valence-corrected chi connectivity index (χ3v) is 7.61. The molecule has 0 spiro atoms. The minimum absolute atomic E-state index is 0.0385. The molecule has 27 heavy (non-hydrogen) atoms. The molecule has 8 heteroatoms. The number of hydrogen-bond acceptors (Lipinski definition) is 6. The molecule has 1 N–H and O–H groups in total. The summed E-state index contributed by atoms with van der Waals surface area (Å²) in [5.41, 5.74) is 0.177. The van der Waals surface area contributed by atoms with Gasteiger partial charge in [0.2, 0.25) is 5.91 Å². The van der Waals surface area contributed by atoms with Crippen molar-refractivity contribution in [2.75, 3.05) is 11.6 Å². The summed E-state index contributed by atoms with van der Waals surface area (Å²) in [4.78, 5) is 21.5. The fourth-order valence-corrected chi connectivity index (χ4v) is 5.56. The lowest BCUT2D eigenvalue weighted by Crippen LogP contribution is -2.32. The van der Waals surface area contributed by atoms with E-state index in [1.54, 1.807) is 18.5 Å². The van der Waals surface area contributed by atoms with Crippen molar-refractivity contribution in [3.8, 4) is 0 Å². The molecule has 4 rings (SSSR count). The smallest absolute Gasteiger partial charge is 0.237 e. The molecule has 2 heterocycles. The van der Waals surface area contributed by atoms with Gasteiger partial charge < -0.3 is 5.32 Å².